The summed E-state index contributed by atoms with van der Waals surface area (Å²) in [4.78, 5) is 2.47. The van der Waals surface area contributed by atoms with Crippen molar-refractivity contribution in [1.82, 2.24) is 10.2 Å². The summed E-state index contributed by atoms with van der Waals surface area (Å²) in [6, 6.07) is 6.05. The first kappa shape index (κ1) is 16.1. The summed E-state index contributed by atoms with van der Waals surface area (Å²) >= 11 is 0. The van der Waals surface area contributed by atoms with Gasteiger partial charge in [0.05, 0.1) is 7.11 Å². The molecule has 4 nitrogen and oxygen atoms in total. The smallest absolute Gasteiger partial charge is 0.124 e. The summed E-state index contributed by atoms with van der Waals surface area (Å²) in [7, 11) is 1.70. The Morgan fingerprint density at radius 1 is 1.24 bits per heavy atom. The van der Waals surface area contributed by atoms with Crippen LogP contribution in [0.1, 0.15) is 31.7 Å². The van der Waals surface area contributed by atoms with Crippen molar-refractivity contribution < 1.29 is 9.47 Å². The first-order valence-electron chi connectivity index (χ1n) is 8.06. The van der Waals surface area contributed by atoms with Crippen LogP contribution < -0.4 is 14.8 Å². The minimum atomic E-state index is 0.757. The zero-order valence-corrected chi connectivity index (χ0v) is 13.4. The van der Waals surface area contributed by atoms with E-state index >= 15 is 0 Å². The quantitative estimate of drug-likeness (QED) is 0.710. The summed E-state index contributed by atoms with van der Waals surface area (Å²) in [6.45, 7) is 8.23. The third-order valence-corrected chi connectivity index (χ3v) is 3.87. The summed E-state index contributed by atoms with van der Waals surface area (Å²) in [5, 5.41) is 3.43. The SMILES string of the molecule is CCCNCc1cc(OC)ccc1OCCN1CCCC1. The molecule has 118 valence electrons. The number of benzene rings is 1. The molecular weight excluding hydrogens is 264 g/mol. The third-order valence-electron chi connectivity index (χ3n) is 3.87. The van der Waals surface area contributed by atoms with Gasteiger partial charge in [0, 0.05) is 18.7 Å². The molecule has 1 aliphatic heterocycles. The molecule has 0 saturated carbocycles. The van der Waals surface area contributed by atoms with Crippen molar-refractivity contribution in [3.05, 3.63) is 23.8 Å². The van der Waals surface area contributed by atoms with Gasteiger partial charge >= 0.3 is 0 Å². The van der Waals surface area contributed by atoms with Crippen molar-refractivity contribution in [3.63, 3.8) is 0 Å². The Morgan fingerprint density at radius 3 is 2.76 bits per heavy atom. The van der Waals surface area contributed by atoms with Gasteiger partial charge in [0.25, 0.3) is 0 Å². The topological polar surface area (TPSA) is 33.7 Å². The molecule has 1 heterocycles. The van der Waals surface area contributed by atoms with E-state index in [9.17, 15) is 0 Å². The average molecular weight is 292 g/mol. The maximum atomic E-state index is 5.99. The summed E-state index contributed by atoms with van der Waals surface area (Å²) in [5.41, 5.74) is 1.17. The number of nitrogens with one attached hydrogen (secondary N) is 1. The maximum absolute atomic E-state index is 5.99. The lowest BCUT2D eigenvalue weighted by Crippen LogP contribution is -2.25. The number of likely N-dealkylation sites (tertiary alicyclic amines) is 1. The van der Waals surface area contributed by atoms with Gasteiger partial charge in [-0.25, -0.2) is 0 Å². The van der Waals surface area contributed by atoms with Gasteiger partial charge in [0.1, 0.15) is 18.1 Å². The number of hydrogen-bond acceptors (Lipinski definition) is 4. The van der Waals surface area contributed by atoms with Gasteiger partial charge in [-0.15, -0.1) is 0 Å². The molecule has 1 aromatic carbocycles. The van der Waals surface area contributed by atoms with Crippen LogP contribution in [0.3, 0.4) is 0 Å². The van der Waals surface area contributed by atoms with Crippen molar-refractivity contribution in [3.8, 4) is 11.5 Å². The Bertz CT molecular complexity index is 417. The summed E-state index contributed by atoms with van der Waals surface area (Å²) in [6.07, 6.45) is 3.79. The monoisotopic (exact) mass is 292 g/mol. The standard InChI is InChI=1S/C17H28N2O2/c1-3-8-18-14-15-13-16(20-2)6-7-17(15)21-12-11-19-9-4-5-10-19/h6-7,13,18H,3-5,8-12,14H2,1-2H3. The van der Waals surface area contributed by atoms with Gasteiger partial charge < -0.3 is 14.8 Å². The predicted molar refractivity (Wildman–Crippen MR) is 86.2 cm³/mol. The van der Waals surface area contributed by atoms with Crippen LogP contribution in [0.25, 0.3) is 0 Å². The van der Waals surface area contributed by atoms with E-state index in [0.717, 1.165) is 44.2 Å². The van der Waals surface area contributed by atoms with Crippen molar-refractivity contribution >= 4 is 0 Å². The molecule has 0 aliphatic carbocycles. The van der Waals surface area contributed by atoms with Gasteiger partial charge in [-0.3, -0.25) is 4.90 Å². The van der Waals surface area contributed by atoms with Crippen LogP contribution in [-0.4, -0.2) is 44.8 Å². The van der Waals surface area contributed by atoms with E-state index < -0.39 is 0 Å². The van der Waals surface area contributed by atoms with Crippen molar-refractivity contribution in [2.45, 2.75) is 32.7 Å². The second-order valence-electron chi connectivity index (χ2n) is 5.55. The van der Waals surface area contributed by atoms with Crippen molar-refractivity contribution in [2.24, 2.45) is 0 Å². The first-order chi connectivity index (χ1) is 10.3. The Balaban J connectivity index is 1.88. The van der Waals surface area contributed by atoms with Gasteiger partial charge in [0.2, 0.25) is 0 Å². The Morgan fingerprint density at radius 2 is 2.05 bits per heavy atom. The van der Waals surface area contributed by atoms with Crippen LogP contribution in [-0.2, 0) is 6.54 Å². The molecule has 21 heavy (non-hydrogen) atoms. The Hall–Kier alpha value is -1.26. The third kappa shape index (κ3) is 5.21. The first-order valence-corrected chi connectivity index (χ1v) is 8.06. The predicted octanol–water partition coefficient (Wildman–Crippen LogP) is 2.67. The molecule has 0 radical (unpaired) electrons. The van der Waals surface area contributed by atoms with E-state index in [1.807, 2.05) is 12.1 Å². The molecule has 1 saturated heterocycles. The van der Waals surface area contributed by atoms with Crippen molar-refractivity contribution in [1.29, 1.82) is 0 Å². The van der Waals surface area contributed by atoms with Crippen LogP contribution in [0.5, 0.6) is 11.5 Å². The molecule has 2 rings (SSSR count). The minimum Gasteiger partial charge on any atom is -0.497 e. The van der Waals surface area contributed by atoms with E-state index in [2.05, 4.69) is 23.2 Å². The number of methoxy groups -OCH3 is 1. The largest absolute Gasteiger partial charge is 0.497 e. The van der Waals surface area contributed by atoms with E-state index in [0.29, 0.717) is 0 Å². The maximum Gasteiger partial charge on any atom is 0.124 e. The average Bonchev–Trinajstić information content (AvgIpc) is 3.02. The molecule has 0 spiro atoms. The fraction of sp³-hybridized carbons (Fsp3) is 0.647. The molecule has 4 heteroatoms. The molecule has 1 aliphatic rings. The second-order valence-corrected chi connectivity index (χ2v) is 5.55. The molecule has 1 aromatic rings. The molecule has 0 unspecified atom stereocenters. The Labute approximate surface area is 128 Å². The zero-order valence-electron chi connectivity index (χ0n) is 13.4. The second kappa shape index (κ2) is 8.90. The van der Waals surface area contributed by atoms with Crippen LogP contribution >= 0.6 is 0 Å². The highest BCUT2D eigenvalue weighted by Gasteiger charge is 2.11. The highest BCUT2D eigenvalue weighted by atomic mass is 16.5. The Kier molecular flexibility index (Phi) is 6.83. The van der Waals surface area contributed by atoms with Crippen LogP contribution in [0.15, 0.2) is 18.2 Å². The van der Waals surface area contributed by atoms with Gasteiger partial charge in [0.15, 0.2) is 0 Å². The van der Waals surface area contributed by atoms with E-state index in [4.69, 9.17) is 9.47 Å². The van der Waals surface area contributed by atoms with Gasteiger partial charge in [-0.1, -0.05) is 6.92 Å². The lowest BCUT2D eigenvalue weighted by molar-refractivity contribution is 0.236. The van der Waals surface area contributed by atoms with Crippen LogP contribution in [0, 0.1) is 0 Å². The fourth-order valence-electron chi connectivity index (χ4n) is 2.65. The molecule has 0 amide bonds. The van der Waals surface area contributed by atoms with Gasteiger partial charge in [-0.2, -0.15) is 0 Å². The molecule has 0 aromatic heterocycles. The lowest BCUT2D eigenvalue weighted by Gasteiger charge is -2.17. The zero-order chi connectivity index (χ0) is 14.9. The summed E-state index contributed by atoms with van der Waals surface area (Å²) in [5.74, 6) is 1.86. The fourth-order valence-corrected chi connectivity index (χ4v) is 2.65. The van der Waals surface area contributed by atoms with Gasteiger partial charge in [-0.05, 0) is 57.1 Å². The van der Waals surface area contributed by atoms with Crippen molar-refractivity contribution in [2.75, 3.05) is 39.9 Å². The molecule has 1 fully saturated rings. The van der Waals surface area contributed by atoms with Crippen LogP contribution in [0.4, 0.5) is 0 Å². The van der Waals surface area contributed by atoms with E-state index in [-0.39, 0.29) is 0 Å². The van der Waals surface area contributed by atoms with E-state index in [1.165, 1.54) is 31.5 Å². The minimum absolute atomic E-state index is 0.757. The number of ether oxygens (including phenoxy) is 2. The summed E-state index contributed by atoms with van der Waals surface area (Å²) < 4.78 is 11.3. The normalized spacial score (nSPS) is 15.3. The molecular formula is C17H28N2O2. The highest BCUT2D eigenvalue weighted by molar-refractivity contribution is 5.40. The number of rotatable bonds is 9. The highest BCUT2D eigenvalue weighted by Crippen LogP contribution is 2.24. The molecule has 0 bridgehead atoms. The molecule has 0 atom stereocenters. The van der Waals surface area contributed by atoms with E-state index in [1.54, 1.807) is 7.11 Å². The number of nitrogens with zero attached hydrogens (tertiary/aromatic N) is 1. The number of hydrogen-bond donors (Lipinski definition) is 1. The molecule has 1 N–H and O–H groups in total. The van der Waals surface area contributed by atoms with Crippen LogP contribution in [0.2, 0.25) is 0 Å². The lowest BCUT2D eigenvalue weighted by atomic mass is 10.2.